The first-order valence-electron chi connectivity index (χ1n) is 9.55. The second-order valence-electron chi connectivity index (χ2n) is 6.79. The molecule has 2 heterocycles. The Morgan fingerprint density at radius 2 is 2.07 bits per heavy atom. The molecule has 0 saturated carbocycles. The molecule has 1 aliphatic heterocycles. The zero-order valence-corrected chi connectivity index (χ0v) is 17.1. The zero-order valence-electron chi connectivity index (χ0n) is 16.3. The summed E-state index contributed by atoms with van der Waals surface area (Å²) in [6.45, 7) is 4.12. The molecule has 2 amide bonds. The number of nitrogens with one attached hydrogen (secondary N) is 3. The average Bonchev–Trinajstić information content (AvgIpc) is 2.72. The van der Waals surface area contributed by atoms with Gasteiger partial charge >= 0.3 is 0 Å². The van der Waals surface area contributed by atoms with Crippen molar-refractivity contribution in [3.05, 3.63) is 58.0 Å². The SMILES string of the molecule is CCNCc1cccc(NC(=O)C2CCCCN2C(=O)c2ccc(=O)[nH]n2)c1.Cl. The number of amides is 2. The first-order chi connectivity index (χ1) is 13.6. The first-order valence-corrected chi connectivity index (χ1v) is 9.55. The van der Waals surface area contributed by atoms with Crippen LogP contribution in [-0.4, -0.2) is 46.0 Å². The number of carbonyl (C=O) groups excluding carboxylic acids is 2. The molecule has 1 aromatic carbocycles. The molecule has 0 radical (unpaired) electrons. The topological polar surface area (TPSA) is 107 Å². The van der Waals surface area contributed by atoms with Crippen LogP contribution in [0.4, 0.5) is 5.69 Å². The highest BCUT2D eigenvalue weighted by Crippen LogP contribution is 2.21. The molecule has 8 nitrogen and oxygen atoms in total. The summed E-state index contributed by atoms with van der Waals surface area (Å²) in [5.41, 5.74) is 1.54. The van der Waals surface area contributed by atoms with Gasteiger partial charge in [-0.15, -0.1) is 12.4 Å². The van der Waals surface area contributed by atoms with Crippen molar-refractivity contribution in [2.24, 2.45) is 0 Å². The predicted molar refractivity (Wildman–Crippen MR) is 113 cm³/mol. The van der Waals surface area contributed by atoms with Crippen LogP contribution in [0.1, 0.15) is 42.2 Å². The van der Waals surface area contributed by atoms with Crippen LogP contribution in [0.15, 0.2) is 41.2 Å². The van der Waals surface area contributed by atoms with Crippen LogP contribution < -0.4 is 16.2 Å². The summed E-state index contributed by atoms with van der Waals surface area (Å²) in [6.07, 6.45) is 2.30. The van der Waals surface area contributed by atoms with E-state index in [9.17, 15) is 14.4 Å². The van der Waals surface area contributed by atoms with E-state index in [0.717, 1.165) is 31.5 Å². The van der Waals surface area contributed by atoms with Crippen molar-refractivity contribution >= 4 is 29.9 Å². The summed E-state index contributed by atoms with van der Waals surface area (Å²) in [6, 6.07) is 9.74. The lowest BCUT2D eigenvalue weighted by Crippen LogP contribution is -2.50. The third-order valence-electron chi connectivity index (χ3n) is 4.74. The van der Waals surface area contributed by atoms with E-state index in [2.05, 4.69) is 20.8 Å². The Kier molecular flexibility index (Phi) is 8.35. The van der Waals surface area contributed by atoms with E-state index >= 15 is 0 Å². The number of hydrogen-bond donors (Lipinski definition) is 3. The minimum Gasteiger partial charge on any atom is -0.325 e. The van der Waals surface area contributed by atoms with Gasteiger partial charge < -0.3 is 15.5 Å². The fourth-order valence-corrected chi connectivity index (χ4v) is 3.31. The van der Waals surface area contributed by atoms with Crippen molar-refractivity contribution in [2.45, 2.75) is 38.8 Å². The van der Waals surface area contributed by atoms with Crippen LogP contribution in [0.2, 0.25) is 0 Å². The van der Waals surface area contributed by atoms with Gasteiger partial charge in [0, 0.05) is 24.8 Å². The molecule has 1 saturated heterocycles. The molecule has 1 fully saturated rings. The van der Waals surface area contributed by atoms with Gasteiger partial charge in [0.2, 0.25) is 5.91 Å². The van der Waals surface area contributed by atoms with Gasteiger partial charge in [-0.1, -0.05) is 19.1 Å². The first kappa shape index (κ1) is 22.6. The number of likely N-dealkylation sites (tertiary alicyclic amines) is 1. The largest absolute Gasteiger partial charge is 0.325 e. The third-order valence-corrected chi connectivity index (χ3v) is 4.74. The number of piperidine rings is 1. The summed E-state index contributed by atoms with van der Waals surface area (Å²) >= 11 is 0. The van der Waals surface area contributed by atoms with Crippen LogP contribution in [-0.2, 0) is 11.3 Å². The molecular weight excluding hydrogens is 394 g/mol. The summed E-state index contributed by atoms with van der Waals surface area (Å²) in [5, 5.41) is 12.3. The minimum absolute atomic E-state index is 0. The summed E-state index contributed by atoms with van der Waals surface area (Å²) in [4.78, 5) is 38.4. The van der Waals surface area contributed by atoms with Crippen molar-refractivity contribution < 1.29 is 9.59 Å². The number of hydrogen-bond acceptors (Lipinski definition) is 5. The van der Waals surface area contributed by atoms with Crippen LogP contribution in [0, 0.1) is 0 Å². The molecule has 3 rings (SSSR count). The quantitative estimate of drug-likeness (QED) is 0.663. The van der Waals surface area contributed by atoms with Gasteiger partial charge in [-0.2, -0.15) is 5.10 Å². The normalized spacial score (nSPS) is 16.0. The Morgan fingerprint density at radius 1 is 1.24 bits per heavy atom. The van der Waals surface area contributed by atoms with Gasteiger partial charge in [-0.3, -0.25) is 14.4 Å². The standard InChI is InChI=1S/C20H25N5O3.ClH/c1-2-21-13-14-6-5-7-15(12-14)22-19(27)17-8-3-4-11-25(17)20(28)16-9-10-18(26)24-23-16;/h5-7,9-10,12,17,21H,2-4,8,11,13H2,1H3,(H,22,27)(H,24,26);1H. The van der Waals surface area contributed by atoms with Crippen LogP contribution in [0.5, 0.6) is 0 Å². The Balaban J connectivity index is 0.00000300. The number of rotatable bonds is 6. The summed E-state index contributed by atoms with van der Waals surface area (Å²) < 4.78 is 0. The lowest BCUT2D eigenvalue weighted by Gasteiger charge is -2.34. The molecule has 0 spiro atoms. The van der Waals surface area contributed by atoms with Gasteiger partial charge in [0.25, 0.3) is 11.5 Å². The number of anilines is 1. The summed E-state index contributed by atoms with van der Waals surface area (Å²) in [5.74, 6) is -0.560. The van der Waals surface area contributed by atoms with Crippen molar-refractivity contribution in [3.63, 3.8) is 0 Å². The van der Waals surface area contributed by atoms with Gasteiger partial charge in [-0.25, -0.2) is 5.10 Å². The Labute approximate surface area is 175 Å². The van der Waals surface area contributed by atoms with E-state index in [0.29, 0.717) is 18.7 Å². The van der Waals surface area contributed by atoms with E-state index < -0.39 is 6.04 Å². The number of H-pyrrole nitrogens is 1. The maximum absolute atomic E-state index is 12.9. The molecule has 0 aliphatic carbocycles. The number of halogens is 1. The minimum atomic E-state index is -0.563. The number of aromatic nitrogens is 2. The number of carbonyl (C=O) groups is 2. The monoisotopic (exact) mass is 419 g/mol. The number of aromatic amines is 1. The highest BCUT2D eigenvalue weighted by Gasteiger charge is 2.33. The van der Waals surface area contributed by atoms with E-state index in [1.807, 2.05) is 31.2 Å². The Morgan fingerprint density at radius 3 is 2.79 bits per heavy atom. The molecule has 2 aromatic rings. The molecule has 9 heteroatoms. The number of benzene rings is 1. The molecule has 156 valence electrons. The maximum atomic E-state index is 12.9. The smallest absolute Gasteiger partial charge is 0.274 e. The van der Waals surface area contributed by atoms with Gasteiger partial charge in [0.1, 0.15) is 11.7 Å². The number of nitrogens with zero attached hydrogens (tertiary/aromatic N) is 2. The Bertz CT molecular complexity index is 881. The second-order valence-corrected chi connectivity index (χ2v) is 6.79. The fourth-order valence-electron chi connectivity index (χ4n) is 3.31. The zero-order chi connectivity index (χ0) is 19.9. The predicted octanol–water partition coefficient (Wildman–Crippen LogP) is 1.93. The molecular formula is C20H26ClN5O3. The average molecular weight is 420 g/mol. The van der Waals surface area contributed by atoms with E-state index in [1.165, 1.54) is 12.1 Å². The fraction of sp³-hybridized carbons (Fsp3) is 0.400. The molecule has 0 bridgehead atoms. The second kappa shape index (κ2) is 10.7. The van der Waals surface area contributed by atoms with Crippen molar-refractivity contribution in [3.8, 4) is 0 Å². The maximum Gasteiger partial charge on any atom is 0.274 e. The molecule has 3 N–H and O–H groups in total. The van der Waals surface area contributed by atoms with Gasteiger partial charge in [-0.05, 0) is 49.6 Å². The third kappa shape index (κ3) is 5.88. The van der Waals surface area contributed by atoms with Crippen LogP contribution in [0.25, 0.3) is 0 Å². The Hall–Kier alpha value is -2.71. The molecule has 1 aromatic heterocycles. The molecule has 29 heavy (non-hydrogen) atoms. The van der Waals surface area contributed by atoms with Crippen molar-refractivity contribution in [2.75, 3.05) is 18.4 Å². The van der Waals surface area contributed by atoms with Crippen molar-refractivity contribution in [1.82, 2.24) is 20.4 Å². The lowest BCUT2D eigenvalue weighted by atomic mass is 10.0. The highest BCUT2D eigenvalue weighted by molar-refractivity contribution is 6.00. The summed E-state index contributed by atoms with van der Waals surface area (Å²) in [7, 11) is 0. The van der Waals surface area contributed by atoms with Crippen molar-refractivity contribution in [1.29, 1.82) is 0 Å². The van der Waals surface area contributed by atoms with E-state index in [4.69, 9.17) is 0 Å². The van der Waals surface area contributed by atoms with Crippen LogP contribution >= 0.6 is 12.4 Å². The molecule has 1 atom stereocenters. The van der Waals surface area contributed by atoms with E-state index in [-0.39, 0.29) is 35.5 Å². The van der Waals surface area contributed by atoms with Crippen LogP contribution in [0.3, 0.4) is 0 Å². The van der Waals surface area contributed by atoms with E-state index in [1.54, 1.807) is 4.90 Å². The molecule has 1 unspecified atom stereocenters. The highest BCUT2D eigenvalue weighted by atomic mass is 35.5. The lowest BCUT2D eigenvalue weighted by molar-refractivity contribution is -0.121. The molecule has 1 aliphatic rings. The van der Waals surface area contributed by atoms with Gasteiger partial charge in [0.05, 0.1) is 0 Å². The van der Waals surface area contributed by atoms with Gasteiger partial charge in [0.15, 0.2) is 0 Å².